The summed E-state index contributed by atoms with van der Waals surface area (Å²) in [5.74, 6) is 0. The van der Waals surface area contributed by atoms with Gasteiger partial charge in [-0.05, 0) is 37.6 Å². The fraction of sp³-hybridized carbons (Fsp3) is 0.385. The smallest absolute Gasteiger partial charge is 0.142 e. The van der Waals surface area contributed by atoms with Crippen molar-refractivity contribution in [3.05, 3.63) is 35.0 Å². The summed E-state index contributed by atoms with van der Waals surface area (Å²) in [5, 5.41) is 6.45. The number of hydrogen-bond donors (Lipinski definition) is 1. The van der Waals surface area contributed by atoms with Gasteiger partial charge in [-0.1, -0.05) is 6.92 Å². The Balaban J connectivity index is 2.07. The van der Waals surface area contributed by atoms with Gasteiger partial charge in [-0.2, -0.15) is 0 Å². The van der Waals surface area contributed by atoms with Crippen LogP contribution < -0.4 is 5.32 Å². The minimum absolute atomic E-state index is 0.843. The van der Waals surface area contributed by atoms with Crippen LogP contribution in [0.15, 0.2) is 23.7 Å². The van der Waals surface area contributed by atoms with E-state index in [1.54, 1.807) is 11.3 Å². The van der Waals surface area contributed by atoms with Crippen LogP contribution in [-0.2, 0) is 6.54 Å². The zero-order valence-corrected chi connectivity index (χ0v) is 11.0. The van der Waals surface area contributed by atoms with Crippen LogP contribution in [0.2, 0.25) is 0 Å². The Morgan fingerprint density at radius 2 is 2.29 bits per heavy atom. The van der Waals surface area contributed by atoms with Gasteiger partial charge in [-0.15, -0.1) is 11.3 Å². The van der Waals surface area contributed by atoms with Gasteiger partial charge in [0, 0.05) is 18.1 Å². The Labute approximate surface area is 106 Å². The van der Waals surface area contributed by atoms with E-state index in [1.165, 1.54) is 5.56 Å². The van der Waals surface area contributed by atoms with E-state index in [0.717, 1.165) is 35.9 Å². The van der Waals surface area contributed by atoms with Gasteiger partial charge in [-0.25, -0.2) is 4.98 Å². The van der Waals surface area contributed by atoms with Crippen molar-refractivity contribution in [2.24, 2.45) is 0 Å². The lowest BCUT2D eigenvalue weighted by atomic mass is 10.2. The summed E-state index contributed by atoms with van der Waals surface area (Å²) in [4.78, 5) is 8.93. The predicted octanol–water partition coefficient (Wildman–Crippen LogP) is 3.01. The zero-order valence-electron chi connectivity index (χ0n) is 10.2. The lowest BCUT2D eigenvalue weighted by Crippen LogP contribution is -2.13. The van der Waals surface area contributed by atoms with E-state index in [2.05, 4.69) is 40.6 Å². The largest absolute Gasteiger partial charge is 0.311 e. The molecule has 0 atom stereocenters. The van der Waals surface area contributed by atoms with Crippen molar-refractivity contribution in [3.63, 3.8) is 0 Å². The fourth-order valence-corrected chi connectivity index (χ4v) is 2.34. The van der Waals surface area contributed by atoms with Crippen molar-refractivity contribution in [2.75, 3.05) is 6.54 Å². The van der Waals surface area contributed by atoms with Gasteiger partial charge in [0.25, 0.3) is 0 Å². The van der Waals surface area contributed by atoms with Crippen molar-refractivity contribution in [1.29, 1.82) is 0 Å². The van der Waals surface area contributed by atoms with Crippen molar-refractivity contribution >= 4 is 11.3 Å². The standard InChI is InChI=1S/C13H17N3S/c1-3-5-14-8-11-9-17-13(16-11)12-7-10(2)4-6-15-12/h4,6-7,9,14H,3,5,8H2,1-2H3. The summed E-state index contributed by atoms with van der Waals surface area (Å²) in [5.41, 5.74) is 3.29. The van der Waals surface area contributed by atoms with Gasteiger partial charge in [0.15, 0.2) is 0 Å². The topological polar surface area (TPSA) is 37.8 Å². The second kappa shape index (κ2) is 5.89. The highest BCUT2D eigenvalue weighted by molar-refractivity contribution is 7.13. The molecule has 0 aliphatic rings. The molecule has 4 heteroatoms. The molecule has 0 saturated carbocycles. The number of aryl methyl sites for hydroxylation is 1. The summed E-state index contributed by atoms with van der Waals surface area (Å²) < 4.78 is 0. The van der Waals surface area contributed by atoms with Crippen LogP contribution in [0.1, 0.15) is 24.6 Å². The Bertz CT molecular complexity index is 479. The van der Waals surface area contributed by atoms with E-state index in [-0.39, 0.29) is 0 Å². The molecular formula is C13H17N3S. The van der Waals surface area contributed by atoms with Gasteiger partial charge in [-0.3, -0.25) is 4.98 Å². The van der Waals surface area contributed by atoms with E-state index in [9.17, 15) is 0 Å². The summed E-state index contributed by atoms with van der Waals surface area (Å²) in [7, 11) is 0. The van der Waals surface area contributed by atoms with E-state index < -0.39 is 0 Å². The third kappa shape index (κ3) is 3.35. The zero-order chi connectivity index (χ0) is 12.1. The van der Waals surface area contributed by atoms with Gasteiger partial charge in [0.05, 0.1) is 11.4 Å². The molecule has 2 aromatic heterocycles. The Morgan fingerprint density at radius 3 is 3.06 bits per heavy atom. The summed E-state index contributed by atoms with van der Waals surface area (Å²) in [6.45, 7) is 6.12. The summed E-state index contributed by atoms with van der Waals surface area (Å²) >= 11 is 1.66. The second-order valence-corrected chi connectivity index (χ2v) is 4.90. The Hall–Kier alpha value is -1.26. The Morgan fingerprint density at radius 1 is 1.41 bits per heavy atom. The number of hydrogen-bond acceptors (Lipinski definition) is 4. The maximum absolute atomic E-state index is 4.59. The predicted molar refractivity (Wildman–Crippen MR) is 72.1 cm³/mol. The highest BCUT2D eigenvalue weighted by Gasteiger charge is 2.05. The molecule has 3 nitrogen and oxygen atoms in total. The van der Waals surface area contributed by atoms with Crippen LogP contribution in [0.3, 0.4) is 0 Å². The maximum Gasteiger partial charge on any atom is 0.142 e. The van der Waals surface area contributed by atoms with E-state index >= 15 is 0 Å². The van der Waals surface area contributed by atoms with Gasteiger partial charge < -0.3 is 5.32 Å². The quantitative estimate of drug-likeness (QED) is 0.825. The average molecular weight is 247 g/mol. The average Bonchev–Trinajstić information content (AvgIpc) is 2.78. The van der Waals surface area contributed by atoms with E-state index in [0.29, 0.717) is 0 Å². The third-order valence-electron chi connectivity index (χ3n) is 2.42. The van der Waals surface area contributed by atoms with Crippen LogP contribution >= 0.6 is 11.3 Å². The molecule has 0 amide bonds. The van der Waals surface area contributed by atoms with Gasteiger partial charge >= 0.3 is 0 Å². The highest BCUT2D eigenvalue weighted by Crippen LogP contribution is 2.22. The number of nitrogens with one attached hydrogen (secondary N) is 1. The molecule has 2 aromatic rings. The molecule has 17 heavy (non-hydrogen) atoms. The molecule has 0 saturated heterocycles. The first kappa shape index (κ1) is 12.2. The molecule has 0 aliphatic heterocycles. The van der Waals surface area contributed by atoms with Crippen LogP contribution in [0.5, 0.6) is 0 Å². The monoisotopic (exact) mass is 247 g/mol. The van der Waals surface area contributed by atoms with Crippen molar-refractivity contribution < 1.29 is 0 Å². The van der Waals surface area contributed by atoms with Gasteiger partial charge in [0.1, 0.15) is 5.01 Å². The minimum atomic E-state index is 0.843. The Kier molecular flexibility index (Phi) is 4.23. The molecule has 0 fully saturated rings. The first-order valence-electron chi connectivity index (χ1n) is 5.87. The fourth-order valence-electron chi connectivity index (χ4n) is 1.55. The van der Waals surface area contributed by atoms with E-state index in [1.807, 2.05) is 12.3 Å². The molecule has 0 aromatic carbocycles. The van der Waals surface area contributed by atoms with Crippen LogP contribution in [0, 0.1) is 6.92 Å². The van der Waals surface area contributed by atoms with Crippen LogP contribution in [0.4, 0.5) is 0 Å². The first-order valence-corrected chi connectivity index (χ1v) is 6.75. The lowest BCUT2D eigenvalue weighted by Gasteiger charge is -1.99. The highest BCUT2D eigenvalue weighted by atomic mass is 32.1. The van der Waals surface area contributed by atoms with E-state index in [4.69, 9.17) is 0 Å². The minimum Gasteiger partial charge on any atom is -0.311 e. The molecular weight excluding hydrogens is 230 g/mol. The van der Waals surface area contributed by atoms with Crippen molar-refractivity contribution in [1.82, 2.24) is 15.3 Å². The molecule has 2 rings (SSSR count). The summed E-state index contributed by atoms with van der Waals surface area (Å²) in [6, 6.07) is 4.07. The van der Waals surface area contributed by atoms with Crippen molar-refractivity contribution in [3.8, 4) is 10.7 Å². The van der Waals surface area contributed by atoms with Crippen LogP contribution in [-0.4, -0.2) is 16.5 Å². The molecule has 0 radical (unpaired) electrons. The second-order valence-electron chi connectivity index (χ2n) is 4.04. The molecule has 0 spiro atoms. The summed E-state index contributed by atoms with van der Waals surface area (Å²) in [6.07, 6.45) is 2.98. The molecule has 0 aliphatic carbocycles. The maximum atomic E-state index is 4.59. The number of rotatable bonds is 5. The molecule has 90 valence electrons. The van der Waals surface area contributed by atoms with Crippen LogP contribution in [0.25, 0.3) is 10.7 Å². The number of pyridine rings is 1. The number of aromatic nitrogens is 2. The first-order chi connectivity index (χ1) is 8.29. The molecule has 1 N–H and O–H groups in total. The normalized spacial score (nSPS) is 10.7. The molecule has 0 bridgehead atoms. The SMILES string of the molecule is CCCNCc1csc(-c2cc(C)ccn2)n1. The lowest BCUT2D eigenvalue weighted by molar-refractivity contribution is 0.667. The molecule has 0 unspecified atom stereocenters. The number of nitrogens with zero attached hydrogens (tertiary/aromatic N) is 2. The molecule has 2 heterocycles. The third-order valence-corrected chi connectivity index (χ3v) is 3.33. The number of thiazole rings is 1. The van der Waals surface area contributed by atoms with Crippen molar-refractivity contribution in [2.45, 2.75) is 26.8 Å². The van der Waals surface area contributed by atoms with Gasteiger partial charge in [0.2, 0.25) is 0 Å².